The first-order valence-electron chi connectivity index (χ1n) is 19.0. The average molecular weight is 709 g/mol. The van der Waals surface area contributed by atoms with Crippen molar-refractivity contribution in [2.24, 2.45) is 0 Å². The van der Waals surface area contributed by atoms with Crippen LogP contribution in [0.5, 0.6) is 0 Å². The minimum Gasteiger partial charge on any atom is -0.248 e. The van der Waals surface area contributed by atoms with Gasteiger partial charge >= 0.3 is 0 Å². The lowest BCUT2D eigenvalue weighted by Crippen LogP contribution is -1.94. The van der Waals surface area contributed by atoms with Crippen LogP contribution in [0.15, 0.2) is 194 Å². The molecule has 0 amide bonds. The third kappa shape index (κ3) is 5.07. The average Bonchev–Trinajstić information content (AvgIpc) is 3.60. The number of hydrogen-bond donors (Lipinski definition) is 0. The summed E-state index contributed by atoms with van der Waals surface area (Å²) in [5, 5.41) is 16.8. The molecule has 1 aliphatic rings. The second-order valence-corrected chi connectivity index (χ2v) is 14.6. The van der Waals surface area contributed by atoms with Crippen LogP contribution in [-0.4, -0.2) is 4.98 Å². The first-order valence-corrected chi connectivity index (χ1v) is 19.0. The Morgan fingerprint density at radius 2 is 0.804 bits per heavy atom. The zero-order chi connectivity index (χ0) is 37.2. The van der Waals surface area contributed by atoms with Crippen LogP contribution in [-0.2, 0) is 0 Å². The second kappa shape index (κ2) is 12.8. The van der Waals surface area contributed by atoms with Crippen LogP contribution in [0.2, 0.25) is 0 Å². The predicted molar refractivity (Wildman–Crippen MR) is 233 cm³/mol. The summed E-state index contributed by atoms with van der Waals surface area (Å²) in [6.45, 7) is 0. The molecule has 0 radical (unpaired) electrons. The summed E-state index contributed by atoms with van der Waals surface area (Å²) >= 11 is 0. The largest absolute Gasteiger partial charge is 0.248 e. The Balaban J connectivity index is 1.21. The fraction of sp³-hybridized carbons (Fsp3) is 0. The van der Waals surface area contributed by atoms with Gasteiger partial charge in [-0.05, 0) is 124 Å². The summed E-state index contributed by atoms with van der Waals surface area (Å²) in [5.74, 6) is 0. The van der Waals surface area contributed by atoms with Gasteiger partial charge in [0.15, 0.2) is 0 Å². The van der Waals surface area contributed by atoms with Gasteiger partial charge < -0.3 is 0 Å². The number of benzene rings is 9. The smallest absolute Gasteiger partial charge is 0.0991 e. The maximum absolute atomic E-state index is 9.62. The molecular weight excluding hydrogens is 677 g/mol. The van der Waals surface area contributed by atoms with Gasteiger partial charge in [-0.2, -0.15) is 5.26 Å². The van der Waals surface area contributed by atoms with Gasteiger partial charge in [-0.25, -0.2) is 4.98 Å². The fourth-order valence-electron chi connectivity index (χ4n) is 8.80. The lowest BCUT2D eigenvalue weighted by Gasteiger charge is -2.18. The topological polar surface area (TPSA) is 36.7 Å². The Morgan fingerprint density at radius 3 is 1.45 bits per heavy atom. The maximum Gasteiger partial charge on any atom is 0.0991 e. The number of aromatic nitrogens is 1. The molecule has 10 aromatic rings. The Labute approximate surface area is 325 Å². The number of pyridine rings is 1. The Bertz CT molecular complexity index is 3140. The van der Waals surface area contributed by atoms with Gasteiger partial charge in [0.2, 0.25) is 0 Å². The Hall–Kier alpha value is -7.60. The number of fused-ring (bicyclic) bond motifs is 5. The normalized spacial score (nSPS) is 11.6. The van der Waals surface area contributed by atoms with E-state index in [2.05, 4.69) is 188 Å². The van der Waals surface area contributed by atoms with Crippen molar-refractivity contribution < 1.29 is 0 Å². The van der Waals surface area contributed by atoms with E-state index in [9.17, 15) is 5.26 Å². The monoisotopic (exact) mass is 708 g/mol. The van der Waals surface area contributed by atoms with E-state index in [1.165, 1.54) is 60.3 Å². The van der Waals surface area contributed by atoms with Crippen LogP contribution in [0.1, 0.15) is 5.56 Å². The molecule has 0 spiro atoms. The number of nitriles is 1. The molecule has 0 fully saturated rings. The molecule has 0 bridgehead atoms. The van der Waals surface area contributed by atoms with Crippen molar-refractivity contribution in [3.8, 4) is 84.2 Å². The molecule has 0 unspecified atom stereocenters. The second-order valence-electron chi connectivity index (χ2n) is 14.6. The van der Waals surface area contributed by atoms with Gasteiger partial charge in [-0.15, -0.1) is 0 Å². The lowest BCUT2D eigenvalue weighted by atomic mass is 9.85. The number of hydrogen-bond acceptors (Lipinski definition) is 2. The van der Waals surface area contributed by atoms with E-state index in [1.807, 2.05) is 12.1 Å². The number of nitrogens with zero attached hydrogens (tertiary/aromatic N) is 2. The molecule has 2 nitrogen and oxygen atoms in total. The van der Waals surface area contributed by atoms with Gasteiger partial charge in [0, 0.05) is 11.1 Å². The lowest BCUT2D eigenvalue weighted by molar-refractivity contribution is 1.33. The molecule has 0 atom stereocenters. The van der Waals surface area contributed by atoms with E-state index >= 15 is 0 Å². The van der Waals surface area contributed by atoms with E-state index in [0.717, 1.165) is 50.2 Å². The summed E-state index contributed by atoms with van der Waals surface area (Å²) < 4.78 is 0. The Morgan fingerprint density at radius 1 is 0.321 bits per heavy atom. The molecule has 1 heterocycles. The summed E-state index contributed by atoms with van der Waals surface area (Å²) in [4.78, 5) is 5.38. The van der Waals surface area contributed by atoms with Crippen LogP contribution < -0.4 is 0 Å². The van der Waals surface area contributed by atoms with Crippen LogP contribution in [0.25, 0.3) is 110 Å². The molecule has 9 aromatic carbocycles. The van der Waals surface area contributed by atoms with Crippen LogP contribution in [0.4, 0.5) is 0 Å². The summed E-state index contributed by atoms with van der Waals surface area (Å²) in [6.07, 6.45) is 0. The van der Waals surface area contributed by atoms with Crippen LogP contribution in [0.3, 0.4) is 0 Å². The highest BCUT2D eigenvalue weighted by Gasteiger charge is 2.26. The van der Waals surface area contributed by atoms with Crippen molar-refractivity contribution in [2.75, 3.05) is 0 Å². The summed E-state index contributed by atoms with van der Waals surface area (Å²) in [7, 11) is 0. The number of rotatable bonds is 5. The van der Waals surface area contributed by atoms with Crippen molar-refractivity contribution in [3.05, 3.63) is 200 Å². The molecule has 11 rings (SSSR count). The fourth-order valence-corrected chi connectivity index (χ4v) is 8.80. The predicted octanol–water partition coefficient (Wildman–Crippen LogP) is 14.4. The zero-order valence-electron chi connectivity index (χ0n) is 30.4. The first kappa shape index (κ1) is 31.9. The third-order valence-corrected chi connectivity index (χ3v) is 11.4. The summed E-state index contributed by atoms with van der Waals surface area (Å²) in [6, 6.07) is 71.7. The van der Waals surface area contributed by atoms with Gasteiger partial charge in [0.25, 0.3) is 0 Å². The quantitative estimate of drug-likeness (QED) is 0.167. The first-order chi connectivity index (χ1) is 27.7. The molecular formula is C54H32N2. The van der Waals surface area contributed by atoms with Crippen molar-refractivity contribution in [3.63, 3.8) is 0 Å². The van der Waals surface area contributed by atoms with Gasteiger partial charge in [-0.3, -0.25) is 0 Å². The summed E-state index contributed by atoms with van der Waals surface area (Å²) in [5.41, 5.74) is 16.6. The van der Waals surface area contributed by atoms with Crippen LogP contribution >= 0.6 is 0 Å². The maximum atomic E-state index is 9.62. The third-order valence-electron chi connectivity index (χ3n) is 11.4. The standard InChI is InChI=1S/C54H32N2/c55-33-34-19-21-36(22-20-34)41-23-26-46-42-17-9-10-18-43(42)47-27-28-48(53(41)54(46)47)44-24-25-45(50-30-39-16-8-7-15-38(39)29-49(44)50)52-32-40(35-11-3-1-4-12-35)31-51(56-52)37-13-5-2-6-14-37/h1-32H. The van der Waals surface area contributed by atoms with E-state index < -0.39 is 0 Å². The molecule has 0 saturated carbocycles. The van der Waals surface area contributed by atoms with E-state index in [0.29, 0.717) is 5.56 Å². The van der Waals surface area contributed by atoms with E-state index in [1.54, 1.807) is 0 Å². The van der Waals surface area contributed by atoms with Gasteiger partial charge in [0.05, 0.1) is 23.0 Å². The van der Waals surface area contributed by atoms with Crippen molar-refractivity contribution >= 4 is 32.3 Å². The molecule has 1 aromatic heterocycles. The SMILES string of the molecule is N#Cc1ccc(-c2ccc3c4c(ccc(-c5ccc(-c6cc(-c7ccccc7)cc(-c7ccccc7)n6)c6cc7ccccc7cc56)c24)-c2ccccc2-3)cc1. The molecule has 258 valence electrons. The minimum absolute atomic E-state index is 0.654. The van der Waals surface area contributed by atoms with E-state index in [-0.39, 0.29) is 0 Å². The van der Waals surface area contributed by atoms with Gasteiger partial charge in [-0.1, -0.05) is 158 Å². The molecule has 0 aliphatic heterocycles. The highest BCUT2D eigenvalue weighted by Crippen LogP contribution is 2.53. The van der Waals surface area contributed by atoms with E-state index in [4.69, 9.17) is 4.98 Å². The molecule has 2 heteroatoms. The molecule has 0 N–H and O–H groups in total. The molecule has 0 saturated heterocycles. The molecule has 56 heavy (non-hydrogen) atoms. The van der Waals surface area contributed by atoms with Crippen molar-refractivity contribution in [1.29, 1.82) is 5.26 Å². The zero-order valence-corrected chi connectivity index (χ0v) is 30.4. The minimum atomic E-state index is 0.654. The molecule has 1 aliphatic carbocycles. The van der Waals surface area contributed by atoms with Crippen molar-refractivity contribution in [1.82, 2.24) is 4.98 Å². The van der Waals surface area contributed by atoms with Gasteiger partial charge in [0.1, 0.15) is 0 Å². The van der Waals surface area contributed by atoms with Crippen LogP contribution in [0, 0.1) is 11.3 Å². The van der Waals surface area contributed by atoms with Crippen molar-refractivity contribution in [2.45, 2.75) is 0 Å². The Kier molecular flexibility index (Phi) is 7.27. The highest BCUT2D eigenvalue weighted by atomic mass is 14.7. The highest BCUT2D eigenvalue weighted by molar-refractivity contribution is 6.24.